The van der Waals surface area contributed by atoms with Crippen LogP contribution in [0.4, 0.5) is 5.69 Å². The fourth-order valence-electron chi connectivity index (χ4n) is 4.65. The molecule has 1 saturated heterocycles. The van der Waals surface area contributed by atoms with Crippen LogP contribution in [0.15, 0.2) is 73.1 Å². The Morgan fingerprint density at radius 1 is 1.13 bits per heavy atom. The number of ether oxygens (including phenoxy) is 1. The van der Waals surface area contributed by atoms with Gasteiger partial charge < -0.3 is 19.9 Å². The summed E-state index contributed by atoms with van der Waals surface area (Å²) in [6, 6.07) is 19.4. The smallest absolute Gasteiger partial charge is 0.254 e. The Labute approximate surface area is 227 Å². The molecule has 2 aliphatic rings. The van der Waals surface area contributed by atoms with Crippen molar-refractivity contribution in [3.05, 3.63) is 78.6 Å². The Balaban J connectivity index is 1.26. The number of nitrogens with one attached hydrogen (secondary N) is 1. The van der Waals surface area contributed by atoms with Crippen molar-refractivity contribution in [3.63, 3.8) is 0 Å². The van der Waals surface area contributed by atoms with Gasteiger partial charge in [0.25, 0.3) is 5.91 Å². The number of nitriles is 1. The molecule has 1 N–H and O–H groups in total. The quantitative estimate of drug-likeness (QED) is 0.481. The lowest BCUT2D eigenvalue weighted by Gasteiger charge is -2.24. The van der Waals surface area contributed by atoms with Crippen molar-refractivity contribution in [2.45, 2.75) is 31.4 Å². The molecular weight excluding hydrogens is 494 g/mol. The Bertz CT molecular complexity index is 1400. The van der Waals surface area contributed by atoms with Crippen LogP contribution in [0.5, 0.6) is 5.75 Å². The molecule has 1 aliphatic heterocycles. The highest BCUT2D eigenvalue weighted by Crippen LogP contribution is 2.35. The van der Waals surface area contributed by atoms with Gasteiger partial charge in [0, 0.05) is 48.4 Å². The average molecular weight is 524 g/mol. The minimum absolute atomic E-state index is 0.121. The second kappa shape index (κ2) is 11.4. The largest absolute Gasteiger partial charge is 0.490 e. The Morgan fingerprint density at radius 3 is 2.62 bits per heavy atom. The van der Waals surface area contributed by atoms with Crippen LogP contribution in [-0.2, 0) is 9.59 Å². The van der Waals surface area contributed by atoms with Gasteiger partial charge in [0.1, 0.15) is 11.8 Å². The maximum Gasteiger partial charge on any atom is 0.254 e. The fourth-order valence-corrected chi connectivity index (χ4v) is 4.65. The number of para-hydroxylation sites is 1. The molecule has 1 saturated carbocycles. The van der Waals surface area contributed by atoms with Gasteiger partial charge >= 0.3 is 0 Å². The number of hydrogen-bond acceptors (Lipinski definition) is 6. The number of anilines is 1. The van der Waals surface area contributed by atoms with Crippen LogP contribution in [-0.4, -0.2) is 64.8 Å². The SMILES string of the molecule is CN(CC(=O)N1CC(C(=O)Nc2ccccc2)CC1C#N)C(=O)c1ccc(OC2CC2)c(-c2cccnc2)c1. The number of likely N-dealkylation sites (N-methyl/N-ethyl adjacent to an activating group) is 1. The zero-order valence-corrected chi connectivity index (χ0v) is 21.6. The number of amides is 3. The van der Waals surface area contributed by atoms with Gasteiger partial charge in [-0.25, -0.2) is 0 Å². The highest BCUT2D eigenvalue weighted by atomic mass is 16.5. The van der Waals surface area contributed by atoms with E-state index in [1.165, 1.54) is 9.80 Å². The molecule has 2 aromatic carbocycles. The number of aromatic nitrogens is 1. The molecule has 2 heterocycles. The molecule has 9 heteroatoms. The summed E-state index contributed by atoms with van der Waals surface area (Å²) in [4.78, 5) is 46.2. The summed E-state index contributed by atoms with van der Waals surface area (Å²) in [7, 11) is 1.55. The predicted molar refractivity (Wildman–Crippen MR) is 145 cm³/mol. The fraction of sp³-hybridized carbons (Fsp3) is 0.300. The van der Waals surface area contributed by atoms with E-state index in [4.69, 9.17) is 4.74 Å². The first kappa shape index (κ1) is 25.9. The normalized spacial score (nSPS) is 18.2. The van der Waals surface area contributed by atoms with Gasteiger partial charge in [0.15, 0.2) is 0 Å². The lowest BCUT2D eigenvalue weighted by atomic mass is 10.0. The Kier molecular flexibility index (Phi) is 7.55. The van der Waals surface area contributed by atoms with Crippen LogP contribution in [0.2, 0.25) is 0 Å². The molecule has 2 atom stereocenters. The van der Waals surface area contributed by atoms with Crippen molar-refractivity contribution < 1.29 is 19.1 Å². The van der Waals surface area contributed by atoms with Crippen LogP contribution >= 0.6 is 0 Å². The van der Waals surface area contributed by atoms with E-state index in [9.17, 15) is 19.6 Å². The van der Waals surface area contributed by atoms with Gasteiger partial charge in [0.2, 0.25) is 11.8 Å². The molecule has 1 aromatic heterocycles. The number of pyridine rings is 1. The van der Waals surface area contributed by atoms with E-state index in [2.05, 4.69) is 16.4 Å². The third kappa shape index (κ3) is 6.07. The number of nitrogens with zero attached hydrogens (tertiary/aromatic N) is 4. The molecule has 0 bridgehead atoms. The topological polar surface area (TPSA) is 116 Å². The molecule has 3 amide bonds. The van der Waals surface area contributed by atoms with Crippen molar-refractivity contribution in [1.29, 1.82) is 5.26 Å². The maximum absolute atomic E-state index is 13.3. The zero-order valence-electron chi connectivity index (χ0n) is 21.6. The van der Waals surface area contributed by atoms with Gasteiger partial charge in [-0.2, -0.15) is 5.26 Å². The van der Waals surface area contributed by atoms with Crippen molar-refractivity contribution in [2.75, 3.05) is 25.5 Å². The minimum atomic E-state index is -0.733. The molecule has 198 valence electrons. The van der Waals surface area contributed by atoms with Gasteiger partial charge in [-0.1, -0.05) is 24.3 Å². The van der Waals surface area contributed by atoms with Crippen molar-refractivity contribution in [3.8, 4) is 22.9 Å². The van der Waals surface area contributed by atoms with Crippen molar-refractivity contribution in [1.82, 2.24) is 14.8 Å². The molecule has 3 aromatic rings. The molecule has 2 fully saturated rings. The molecule has 0 radical (unpaired) electrons. The third-order valence-electron chi connectivity index (χ3n) is 6.92. The molecule has 0 spiro atoms. The van der Waals surface area contributed by atoms with E-state index >= 15 is 0 Å². The lowest BCUT2D eigenvalue weighted by molar-refractivity contribution is -0.131. The van der Waals surface area contributed by atoms with Gasteiger partial charge in [0.05, 0.1) is 24.6 Å². The van der Waals surface area contributed by atoms with Crippen molar-refractivity contribution >= 4 is 23.4 Å². The summed E-state index contributed by atoms with van der Waals surface area (Å²) >= 11 is 0. The Morgan fingerprint density at radius 2 is 1.92 bits per heavy atom. The second-order valence-electron chi connectivity index (χ2n) is 9.91. The standard InChI is InChI=1S/C30H29N5O4/c1-34(19-28(36)35-18-22(14-24(35)16-31)29(37)33-23-7-3-2-4-8-23)30(38)20-9-12-27(39-25-10-11-25)26(15-20)21-6-5-13-32-17-21/h2-9,12-13,15,17,22,24-25H,10-11,14,18-19H2,1H3,(H,33,37). The number of benzene rings is 2. The van der Waals surface area contributed by atoms with Gasteiger partial charge in [-0.3, -0.25) is 19.4 Å². The maximum atomic E-state index is 13.3. The molecular formula is C30H29N5O4. The summed E-state index contributed by atoms with van der Waals surface area (Å²) in [5, 5.41) is 12.5. The van der Waals surface area contributed by atoms with E-state index in [1.807, 2.05) is 30.3 Å². The Hall–Kier alpha value is -4.71. The second-order valence-corrected chi connectivity index (χ2v) is 9.91. The highest BCUT2D eigenvalue weighted by molar-refractivity contribution is 5.98. The molecule has 2 unspecified atom stereocenters. The van der Waals surface area contributed by atoms with E-state index in [0.29, 0.717) is 17.0 Å². The molecule has 1 aliphatic carbocycles. The lowest BCUT2D eigenvalue weighted by Crippen LogP contribution is -2.43. The summed E-state index contributed by atoms with van der Waals surface area (Å²) in [6.45, 7) is -0.0945. The van der Waals surface area contributed by atoms with Crippen LogP contribution < -0.4 is 10.1 Å². The number of carbonyl (C=O) groups excluding carboxylic acids is 3. The summed E-state index contributed by atoms with van der Waals surface area (Å²) in [5.74, 6) is -0.779. The molecule has 39 heavy (non-hydrogen) atoms. The van der Waals surface area contributed by atoms with Gasteiger partial charge in [-0.05, 0) is 55.7 Å². The first-order valence-corrected chi connectivity index (χ1v) is 12.9. The monoisotopic (exact) mass is 523 g/mol. The predicted octanol–water partition coefficient (Wildman–Crippen LogP) is 3.74. The van der Waals surface area contributed by atoms with Crippen LogP contribution in [0, 0.1) is 17.2 Å². The summed E-state index contributed by atoms with van der Waals surface area (Å²) < 4.78 is 6.05. The van der Waals surface area contributed by atoms with Crippen molar-refractivity contribution in [2.24, 2.45) is 5.92 Å². The molecule has 5 rings (SSSR count). The first-order chi connectivity index (χ1) is 18.9. The summed E-state index contributed by atoms with van der Waals surface area (Å²) in [6.07, 6.45) is 5.85. The van der Waals surface area contributed by atoms with Crippen LogP contribution in [0.25, 0.3) is 11.1 Å². The number of carbonyl (C=O) groups is 3. The summed E-state index contributed by atoms with van der Waals surface area (Å²) in [5.41, 5.74) is 2.66. The van der Waals surface area contributed by atoms with E-state index in [1.54, 1.807) is 49.8 Å². The van der Waals surface area contributed by atoms with Crippen LogP contribution in [0.1, 0.15) is 29.6 Å². The number of likely N-dealkylation sites (tertiary alicyclic amines) is 1. The zero-order chi connectivity index (χ0) is 27.4. The minimum Gasteiger partial charge on any atom is -0.490 e. The van der Waals surface area contributed by atoms with E-state index in [-0.39, 0.29) is 43.3 Å². The van der Waals surface area contributed by atoms with E-state index < -0.39 is 12.0 Å². The van der Waals surface area contributed by atoms with Crippen LogP contribution in [0.3, 0.4) is 0 Å². The molecule has 9 nitrogen and oxygen atoms in total. The highest BCUT2D eigenvalue weighted by Gasteiger charge is 2.39. The van der Waals surface area contributed by atoms with Gasteiger partial charge in [-0.15, -0.1) is 0 Å². The number of rotatable bonds is 8. The third-order valence-corrected chi connectivity index (χ3v) is 6.92. The first-order valence-electron chi connectivity index (χ1n) is 12.9. The number of hydrogen-bond donors (Lipinski definition) is 1. The average Bonchev–Trinajstić information content (AvgIpc) is 3.67. The van der Waals surface area contributed by atoms with E-state index in [0.717, 1.165) is 24.0 Å².